The maximum absolute atomic E-state index is 13.8. The molecule has 2 aromatic carbocycles. The highest BCUT2D eigenvalue weighted by Gasteiger charge is 2.23. The van der Waals surface area contributed by atoms with Crippen LogP contribution in [0.2, 0.25) is 5.02 Å². The fourth-order valence-electron chi connectivity index (χ4n) is 3.94. The number of hydrogen-bond acceptors (Lipinski definition) is 8. The van der Waals surface area contributed by atoms with Crippen LogP contribution in [0.4, 0.5) is 34.6 Å². The van der Waals surface area contributed by atoms with Crippen molar-refractivity contribution in [2.75, 3.05) is 17.4 Å². The predicted octanol–water partition coefficient (Wildman–Crippen LogP) is 5.56. The van der Waals surface area contributed by atoms with E-state index in [9.17, 15) is 22.8 Å². The first-order chi connectivity index (χ1) is 18.4. The number of aromatic nitrogens is 2. The molecule has 4 N–H and O–H groups in total. The molecule has 0 aliphatic carbocycles. The summed E-state index contributed by atoms with van der Waals surface area (Å²) in [7, 11) is 0. The number of benzene rings is 2. The van der Waals surface area contributed by atoms with Crippen LogP contribution in [0.1, 0.15) is 17.2 Å². The lowest BCUT2D eigenvalue weighted by Crippen LogP contribution is -2.37. The zero-order chi connectivity index (χ0) is 26.8. The van der Waals surface area contributed by atoms with E-state index in [-0.39, 0.29) is 22.0 Å². The Morgan fingerprint density at radius 1 is 1.05 bits per heavy atom. The average Bonchev–Trinajstić information content (AvgIpc) is 3.39. The molecule has 0 radical (unpaired) electrons. The normalized spacial score (nSPS) is 13.6. The molecule has 3 heterocycles. The van der Waals surface area contributed by atoms with Crippen molar-refractivity contribution in [3.8, 4) is 6.07 Å². The minimum Gasteiger partial charge on any atom is -0.373 e. The first-order valence-corrected chi connectivity index (χ1v) is 11.4. The third kappa shape index (κ3) is 4.97. The molecule has 0 bridgehead atoms. The quantitative estimate of drug-likeness (QED) is 0.137. The molecule has 1 aliphatic heterocycles. The van der Waals surface area contributed by atoms with Crippen molar-refractivity contribution in [1.82, 2.24) is 25.9 Å². The van der Waals surface area contributed by atoms with Crippen LogP contribution < -0.4 is 21.6 Å². The lowest BCUT2D eigenvalue weighted by atomic mass is 10.0. The van der Waals surface area contributed by atoms with E-state index >= 15 is 0 Å². The number of hydrogen-bond donors (Lipinski definition) is 4. The number of pyridine rings is 2. The van der Waals surface area contributed by atoms with Gasteiger partial charge in [0, 0.05) is 29.5 Å². The third-order valence-corrected chi connectivity index (χ3v) is 5.99. The van der Waals surface area contributed by atoms with Gasteiger partial charge in [0.05, 0.1) is 45.4 Å². The lowest BCUT2D eigenvalue weighted by Gasteiger charge is -2.22. The van der Waals surface area contributed by atoms with Gasteiger partial charge in [0.15, 0.2) is 12.6 Å². The molecule has 8 nitrogen and oxygen atoms in total. The Morgan fingerprint density at radius 2 is 1.84 bits per heavy atom. The summed E-state index contributed by atoms with van der Waals surface area (Å²) in [5, 5.41) is 17.7. The van der Waals surface area contributed by atoms with Crippen LogP contribution in [0, 0.1) is 28.9 Å². The molecule has 0 fully saturated rings. The van der Waals surface area contributed by atoms with Crippen molar-refractivity contribution >= 4 is 39.6 Å². The molecule has 13 heteroatoms. The van der Waals surface area contributed by atoms with E-state index < -0.39 is 30.4 Å². The van der Waals surface area contributed by atoms with Crippen molar-refractivity contribution in [3.05, 3.63) is 100 Å². The van der Waals surface area contributed by atoms with Crippen molar-refractivity contribution in [3.63, 3.8) is 0 Å². The number of rotatable bonds is 7. The maximum Gasteiger partial charge on any atom is 0.249 e. The third-order valence-electron chi connectivity index (χ3n) is 5.70. The summed E-state index contributed by atoms with van der Waals surface area (Å²) in [6, 6.07) is 11.4. The van der Waals surface area contributed by atoms with E-state index in [1.807, 2.05) is 6.07 Å². The van der Waals surface area contributed by atoms with Gasteiger partial charge in [-0.1, -0.05) is 23.7 Å². The topological polar surface area (TPSA) is 101 Å². The Bertz CT molecular complexity index is 1590. The smallest absolute Gasteiger partial charge is 0.249 e. The number of anilines is 3. The standard InChI is InChI=1S/C25H17ClF4N8/c26-19-6-16(34-23(13-1-3-15(28)4-2-13)21-11-38(12-27)37-36-21)5-18-22(14(8-31)9-32-24(18)19)35-17-7-20(29)25(30)33-10-17/h1-7,9-11,23,34,36-37H,12H2,(H,32,35). The highest BCUT2D eigenvalue weighted by Crippen LogP contribution is 2.37. The molecule has 2 aromatic heterocycles. The molecule has 0 saturated heterocycles. The zero-order valence-corrected chi connectivity index (χ0v) is 20.0. The monoisotopic (exact) mass is 540 g/mol. The van der Waals surface area contributed by atoms with Gasteiger partial charge in [-0.2, -0.15) is 9.65 Å². The predicted molar refractivity (Wildman–Crippen MR) is 134 cm³/mol. The largest absolute Gasteiger partial charge is 0.373 e. The highest BCUT2D eigenvalue weighted by molar-refractivity contribution is 6.36. The molecule has 192 valence electrons. The minimum absolute atomic E-state index is 0.101. The Hall–Kier alpha value is -4.60. The van der Waals surface area contributed by atoms with Gasteiger partial charge in [0.2, 0.25) is 5.95 Å². The van der Waals surface area contributed by atoms with Crippen molar-refractivity contribution in [1.29, 1.82) is 5.26 Å². The molecule has 0 amide bonds. The molecular weight excluding hydrogens is 524 g/mol. The van der Waals surface area contributed by atoms with E-state index in [0.717, 1.165) is 12.3 Å². The molecule has 1 atom stereocenters. The second kappa shape index (κ2) is 10.4. The second-order valence-corrected chi connectivity index (χ2v) is 8.58. The molecule has 38 heavy (non-hydrogen) atoms. The average molecular weight is 541 g/mol. The molecular formula is C25H17ClF4N8. The molecule has 5 rings (SSSR count). The summed E-state index contributed by atoms with van der Waals surface area (Å²) < 4.78 is 53.9. The van der Waals surface area contributed by atoms with Gasteiger partial charge in [0.1, 0.15) is 11.9 Å². The zero-order valence-electron chi connectivity index (χ0n) is 19.2. The first-order valence-electron chi connectivity index (χ1n) is 11.0. The van der Waals surface area contributed by atoms with E-state index in [1.54, 1.807) is 24.3 Å². The second-order valence-electron chi connectivity index (χ2n) is 8.17. The summed E-state index contributed by atoms with van der Waals surface area (Å²) in [6.45, 7) is -0.801. The van der Waals surface area contributed by atoms with Gasteiger partial charge in [-0.05, 0) is 29.8 Å². The van der Waals surface area contributed by atoms with Crippen molar-refractivity contribution < 1.29 is 17.6 Å². The Morgan fingerprint density at radius 3 is 2.53 bits per heavy atom. The number of fused-ring (bicyclic) bond motifs is 1. The van der Waals surface area contributed by atoms with Crippen LogP contribution in [0.3, 0.4) is 0 Å². The lowest BCUT2D eigenvalue weighted by molar-refractivity contribution is 0.185. The van der Waals surface area contributed by atoms with Crippen LogP contribution in [-0.2, 0) is 0 Å². The summed E-state index contributed by atoms with van der Waals surface area (Å²) in [5.41, 5.74) is 8.01. The van der Waals surface area contributed by atoms with Crippen LogP contribution >= 0.6 is 11.6 Å². The number of hydrazine groups is 2. The molecule has 4 aromatic rings. The van der Waals surface area contributed by atoms with Gasteiger partial charge in [0.25, 0.3) is 0 Å². The number of nitriles is 1. The summed E-state index contributed by atoms with van der Waals surface area (Å²) >= 11 is 6.55. The van der Waals surface area contributed by atoms with Crippen molar-refractivity contribution in [2.45, 2.75) is 6.04 Å². The Labute approximate surface area is 218 Å². The fraction of sp³-hybridized carbons (Fsp3) is 0.0800. The van der Waals surface area contributed by atoms with E-state index in [0.29, 0.717) is 27.9 Å². The minimum atomic E-state index is -1.26. The molecule has 0 spiro atoms. The van der Waals surface area contributed by atoms with E-state index in [4.69, 9.17) is 11.6 Å². The van der Waals surface area contributed by atoms with Gasteiger partial charge in [-0.15, -0.1) is 5.53 Å². The van der Waals surface area contributed by atoms with Crippen LogP contribution in [0.25, 0.3) is 10.9 Å². The SMILES string of the molecule is N#Cc1cnc2c(Cl)cc(NC(C3=CN(CF)NN3)c3ccc(F)cc3)cc2c1Nc1cnc(F)c(F)c1. The molecule has 0 saturated carbocycles. The number of nitrogens with one attached hydrogen (secondary N) is 4. The van der Waals surface area contributed by atoms with E-state index in [2.05, 4.69) is 31.6 Å². The van der Waals surface area contributed by atoms with Gasteiger partial charge >= 0.3 is 0 Å². The van der Waals surface area contributed by atoms with E-state index in [1.165, 1.54) is 29.5 Å². The van der Waals surface area contributed by atoms with Crippen LogP contribution in [0.15, 0.2) is 66.8 Å². The van der Waals surface area contributed by atoms with Crippen LogP contribution in [-0.4, -0.2) is 21.8 Å². The summed E-state index contributed by atoms with van der Waals surface area (Å²) in [5.74, 6) is -2.84. The summed E-state index contributed by atoms with van der Waals surface area (Å²) in [4.78, 5) is 7.64. The Balaban J connectivity index is 1.59. The van der Waals surface area contributed by atoms with Gasteiger partial charge in [-0.3, -0.25) is 9.99 Å². The number of halogens is 5. The maximum atomic E-state index is 13.8. The van der Waals surface area contributed by atoms with Gasteiger partial charge < -0.3 is 16.1 Å². The first kappa shape index (κ1) is 25.1. The molecule has 1 aliphatic rings. The fourth-order valence-corrected chi connectivity index (χ4v) is 4.21. The molecule has 1 unspecified atom stereocenters. The Kier molecular flexibility index (Phi) is 6.87. The number of alkyl halides is 1. The number of nitrogens with zero attached hydrogens (tertiary/aromatic N) is 4. The van der Waals surface area contributed by atoms with Crippen molar-refractivity contribution in [2.24, 2.45) is 0 Å². The highest BCUT2D eigenvalue weighted by atomic mass is 35.5. The van der Waals surface area contributed by atoms with Crippen LogP contribution in [0.5, 0.6) is 0 Å². The van der Waals surface area contributed by atoms with Gasteiger partial charge in [-0.25, -0.2) is 18.2 Å². The summed E-state index contributed by atoms with van der Waals surface area (Å²) in [6.07, 6.45) is 3.91.